The molecule has 0 fully saturated rings. The predicted octanol–water partition coefficient (Wildman–Crippen LogP) is 3.88. The Labute approximate surface area is 100 Å². The lowest BCUT2D eigenvalue weighted by atomic mass is 10.3. The smallest absolute Gasteiger partial charge is 0.242 e. The highest BCUT2D eigenvalue weighted by Crippen LogP contribution is 2.31. The summed E-state index contributed by atoms with van der Waals surface area (Å²) in [4.78, 5) is 3.74. The van der Waals surface area contributed by atoms with Crippen LogP contribution in [0.5, 0.6) is 0 Å². The van der Waals surface area contributed by atoms with Gasteiger partial charge in [-0.05, 0) is 45.2 Å². The van der Waals surface area contributed by atoms with Gasteiger partial charge >= 0.3 is 0 Å². The summed E-state index contributed by atoms with van der Waals surface area (Å²) >= 11 is 9.15. The van der Waals surface area contributed by atoms with Crippen molar-refractivity contribution < 1.29 is 8.78 Å². The average Bonchev–Trinajstić information content (AvgIpc) is 1.97. The first kappa shape index (κ1) is 10.8. The van der Waals surface area contributed by atoms with E-state index in [1.807, 2.05) is 22.6 Å². The molecular formula is C6H2ClF2I2N. The molecule has 12 heavy (non-hydrogen) atoms. The lowest BCUT2D eigenvalue weighted by Crippen LogP contribution is -1.96. The first-order valence-electron chi connectivity index (χ1n) is 2.81. The molecule has 0 bridgehead atoms. The third kappa shape index (κ3) is 2.16. The zero-order valence-electron chi connectivity index (χ0n) is 5.49. The SMILES string of the molecule is FC(F)c1c(I)cnc(Cl)c1I. The molecular weight excluding hydrogens is 413 g/mol. The Morgan fingerprint density at radius 1 is 1.42 bits per heavy atom. The number of halogens is 5. The summed E-state index contributed by atoms with van der Waals surface area (Å²) in [6.07, 6.45) is -1.16. The normalized spacial score (nSPS) is 10.8. The summed E-state index contributed by atoms with van der Waals surface area (Å²) in [6, 6.07) is 0. The number of rotatable bonds is 1. The van der Waals surface area contributed by atoms with Crippen molar-refractivity contribution >= 4 is 56.8 Å². The molecule has 0 radical (unpaired) electrons. The Bertz CT molecular complexity index is 306. The number of pyridine rings is 1. The van der Waals surface area contributed by atoms with Gasteiger partial charge in [-0.25, -0.2) is 13.8 Å². The second kappa shape index (κ2) is 4.32. The quantitative estimate of drug-likeness (QED) is 0.501. The Morgan fingerprint density at radius 2 is 2.00 bits per heavy atom. The molecule has 0 unspecified atom stereocenters. The maximum Gasteiger partial charge on any atom is 0.266 e. The largest absolute Gasteiger partial charge is 0.266 e. The van der Waals surface area contributed by atoms with Crippen LogP contribution in [0, 0.1) is 7.14 Å². The van der Waals surface area contributed by atoms with Crippen molar-refractivity contribution in [2.45, 2.75) is 6.43 Å². The fraction of sp³-hybridized carbons (Fsp3) is 0.167. The number of aromatic nitrogens is 1. The lowest BCUT2D eigenvalue weighted by Gasteiger charge is -2.06. The van der Waals surface area contributed by atoms with Crippen LogP contribution in [0.2, 0.25) is 5.15 Å². The van der Waals surface area contributed by atoms with Gasteiger partial charge in [-0.2, -0.15) is 0 Å². The van der Waals surface area contributed by atoms with E-state index in [9.17, 15) is 8.78 Å². The van der Waals surface area contributed by atoms with Crippen LogP contribution in [0.25, 0.3) is 0 Å². The van der Waals surface area contributed by atoms with Crippen molar-refractivity contribution in [3.05, 3.63) is 24.1 Å². The molecule has 0 N–H and O–H groups in total. The number of hydrogen-bond acceptors (Lipinski definition) is 1. The second-order valence-electron chi connectivity index (χ2n) is 1.93. The van der Waals surface area contributed by atoms with E-state index in [1.54, 1.807) is 22.6 Å². The van der Waals surface area contributed by atoms with E-state index in [4.69, 9.17) is 11.6 Å². The maximum atomic E-state index is 12.4. The molecule has 6 heteroatoms. The summed E-state index contributed by atoms with van der Waals surface area (Å²) < 4.78 is 25.5. The van der Waals surface area contributed by atoms with Crippen LogP contribution in [-0.2, 0) is 0 Å². The fourth-order valence-electron chi connectivity index (χ4n) is 0.656. The molecule has 1 nitrogen and oxygen atoms in total. The minimum atomic E-state index is -2.50. The van der Waals surface area contributed by atoms with Gasteiger partial charge in [-0.15, -0.1) is 0 Å². The molecule has 1 aromatic rings. The molecule has 0 amide bonds. The van der Waals surface area contributed by atoms with Crippen LogP contribution >= 0.6 is 56.8 Å². The average molecular weight is 415 g/mol. The summed E-state index contributed by atoms with van der Waals surface area (Å²) in [5, 5.41) is 0.131. The molecule has 0 aromatic carbocycles. The van der Waals surface area contributed by atoms with Gasteiger partial charge in [-0.1, -0.05) is 11.6 Å². The molecule has 0 aliphatic rings. The van der Waals surface area contributed by atoms with Gasteiger partial charge in [0.15, 0.2) is 0 Å². The summed E-state index contributed by atoms with van der Waals surface area (Å²) in [5.74, 6) is 0. The van der Waals surface area contributed by atoms with E-state index < -0.39 is 6.43 Å². The van der Waals surface area contributed by atoms with Crippen LogP contribution in [0.15, 0.2) is 6.20 Å². The van der Waals surface area contributed by atoms with Crippen molar-refractivity contribution in [1.82, 2.24) is 4.98 Å². The van der Waals surface area contributed by atoms with Crippen LogP contribution < -0.4 is 0 Å². The molecule has 0 aliphatic heterocycles. The highest BCUT2D eigenvalue weighted by atomic mass is 127. The van der Waals surface area contributed by atoms with Gasteiger partial charge in [0.2, 0.25) is 0 Å². The van der Waals surface area contributed by atoms with E-state index in [1.165, 1.54) is 6.20 Å². The summed E-state index contributed by atoms with van der Waals surface area (Å²) in [5.41, 5.74) is -0.0313. The molecule has 0 spiro atoms. The first-order chi connectivity index (χ1) is 5.54. The Balaban J connectivity index is 3.33. The molecule has 0 saturated carbocycles. The molecule has 1 aromatic heterocycles. The number of alkyl halides is 2. The third-order valence-electron chi connectivity index (χ3n) is 1.18. The summed E-state index contributed by atoms with van der Waals surface area (Å²) in [6.45, 7) is 0. The van der Waals surface area contributed by atoms with Gasteiger partial charge < -0.3 is 0 Å². The number of hydrogen-bond donors (Lipinski definition) is 0. The van der Waals surface area contributed by atoms with E-state index in [-0.39, 0.29) is 10.7 Å². The van der Waals surface area contributed by atoms with Crippen molar-refractivity contribution in [2.75, 3.05) is 0 Å². The van der Waals surface area contributed by atoms with Crippen LogP contribution in [0.4, 0.5) is 8.78 Å². The lowest BCUT2D eigenvalue weighted by molar-refractivity contribution is 0.149. The standard InChI is InChI=1S/C6H2ClF2I2N/c7-5-4(11)3(6(8)9)2(10)1-12-5/h1,6H. The Hall–Kier alpha value is 0.760. The van der Waals surface area contributed by atoms with Gasteiger partial charge in [0.05, 0.1) is 3.57 Å². The topological polar surface area (TPSA) is 12.9 Å². The monoisotopic (exact) mass is 415 g/mol. The fourth-order valence-corrected chi connectivity index (χ4v) is 2.63. The molecule has 0 saturated heterocycles. The minimum absolute atomic E-state index is 0.0313. The van der Waals surface area contributed by atoms with Gasteiger partial charge in [0.1, 0.15) is 5.15 Å². The van der Waals surface area contributed by atoms with E-state index in [2.05, 4.69) is 4.98 Å². The van der Waals surface area contributed by atoms with Crippen LogP contribution in [0.1, 0.15) is 12.0 Å². The van der Waals surface area contributed by atoms with Crippen molar-refractivity contribution in [3.8, 4) is 0 Å². The predicted molar refractivity (Wildman–Crippen MR) is 59.6 cm³/mol. The first-order valence-corrected chi connectivity index (χ1v) is 5.35. The Morgan fingerprint density at radius 3 is 2.42 bits per heavy atom. The van der Waals surface area contributed by atoms with Crippen molar-refractivity contribution in [3.63, 3.8) is 0 Å². The molecule has 1 rings (SSSR count). The van der Waals surface area contributed by atoms with Crippen LogP contribution in [0.3, 0.4) is 0 Å². The zero-order chi connectivity index (χ0) is 9.30. The molecule has 1 heterocycles. The van der Waals surface area contributed by atoms with Gasteiger partial charge in [0.25, 0.3) is 6.43 Å². The molecule has 0 aliphatic carbocycles. The minimum Gasteiger partial charge on any atom is -0.242 e. The van der Waals surface area contributed by atoms with E-state index in [0.717, 1.165) is 0 Å². The van der Waals surface area contributed by atoms with E-state index in [0.29, 0.717) is 7.14 Å². The number of nitrogens with zero attached hydrogens (tertiary/aromatic N) is 1. The zero-order valence-corrected chi connectivity index (χ0v) is 10.6. The third-order valence-corrected chi connectivity index (χ3v) is 3.74. The van der Waals surface area contributed by atoms with Crippen molar-refractivity contribution in [1.29, 1.82) is 0 Å². The molecule has 66 valence electrons. The second-order valence-corrected chi connectivity index (χ2v) is 4.52. The molecule has 0 atom stereocenters. The van der Waals surface area contributed by atoms with Gasteiger partial charge in [-0.3, -0.25) is 0 Å². The van der Waals surface area contributed by atoms with Crippen LogP contribution in [-0.4, -0.2) is 4.98 Å². The van der Waals surface area contributed by atoms with Crippen molar-refractivity contribution in [2.24, 2.45) is 0 Å². The Kier molecular flexibility index (Phi) is 3.90. The van der Waals surface area contributed by atoms with Gasteiger partial charge in [0, 0.05) is 15.3 Å². The summed E-state index contributed by atoms with van der Waals surface area (Å²) in [7, 11) is 0. The highest BCUT2D eigenvalue weighted by Gasteiger charge is 2.18. The maximum absolute atomic E-state index is 12.4. The van der Waals surface area contributed by atoms with E-state index >= 15 is 0 Å². The highest BCUT2D eigenvalue weighted by molar-refractivity contribution is 14.1.